The fourth-order valence-electron chi connectivity index (χ4n) is 1.65. The first kappa shape index (κ1) is 15.9. The lowest BCUT2D eigenvalue weighted by molar-refractivity contribution is -0.148. The van der Waals surface area contributed by atoms with Crippen molar-refractivity contribution in [3.8, 4) is 0 Å². The summed E-state index contributed by atoms with van der Waals surface area (Å²) in [5.41, 5.74) is 0.834. The van der Waals surface area contributed by atoms with E-state index in [1.165, 1.54) is 11.0 Å². The molecule has 1 heterocycles. The first-order chi connectivity index (χ1) is 9.43. The van der Waals surface area contributed by atoms with E-state index in [-0.39, 0.29) is 18.5 Å². The predicted octanol–water partition coefficient (Wildman–Crippen LogP) is 1.23. The largest absolute Gasteiger partial charge is 0.465 e. The van der Waals surface area contributed by atoms with Gasteiger partial charge in [0, 0.05) is 30.9 Å². The Morgan fingerprint density at radius 2 is 2.20 bits per heavy atom. The molecule has 0 aliphatic rings. The highest BCUT2D eigenvalue weighted by Crippen LogP contribution is 2.04. The van der Waals surface area contributed by atoms with Gasteiger partial charge in [-0.15, -0.1) is 0 Å². The summed E-state index contributed by atoms with van der Waals surface area (Å²) < 4.78 is 6.52. The molecule has 0 aromatic carbocycles. The van der Waals surface area contributed by atoms with Crippen molar-refractivity contribution < 1.29 is 14.3 Å². The Hall–Kier alpha value is -2.11. The number of hydrogen-bond acceptors (Lipinski definition) is 4. The number of aryl methyl sites for hydroxylation is 1. The zero-order valence-corrected chi connectivity index (χ0v) is 12.4. The van der Waals surface area contributed by atoms with Gasteiger partial charge in [-0.25, -0.2) is 0 Å². The summed E-state index contributed by atoms with van der Waals surface area (Å²) in [5.74, 6) is -0.624. The second kappa shape index (κ2) is 7.47. The van der Waals surface area contributed by atoms with Crippen LogP contribution in [0.4, 0.5) is 0 Å². The van der Waals surface area contributed by atoms with Gasteiger partial charge < -0.3 is 9.64 Å². The topological polar surface area (TPSA) is 64.4 Å². The Bertz CT molecular complexity index is 492. The van der Waals surface area contributed by atoms with Gasteiger partial charge in [-0.3, -0.25) is 14.3 Å². The molecule has 1 aromatic rings. The van der Waals surface area contributed by atoms with Gasteiger partial charge in [0.05, 0.1) is 12.8 Å². The van der Waals surface area contributed by atoms with Gasteiger partial charge in [0.2, 0.25) is 5.91 Å². The van der Waals surface area contributed by atoms with E-state index in [1.54, 1.807) is 37.1 Å². The number of amides is 1. The summed E-state index contributed by atoms with van der Waals surface area (Å²) in [7, 11) is 1.81. The van der Waals surface area contributed by atoms with E-state index in [0.717, 1.165) is 5.56 Å². The molecule has 1 amide bonds. The second-order valence-corrected chi connectivity index (χ2v) is 4.65. The Balaban J connectivity index is 2.69. The highest BCUT2D eigenvalue weighted by Gasteiger charge is 2.18. The van der Waals surface area contributed by atoms with Crippen molar-refractivity contribution in [2.24, 2.45) is 7.05 Å². The molecule has 20 heavy (non-hydrogen) atoms. The van der Waals surface area contributed by atoms with Crippen molar-refractivity contribution in [3.63, 3.8) is 0 Å². The number of carbonyl (C=O) groups is 2. The van der Waals surface area contributed by atoms with Gasteiger partial charge in [0.15, 0.2) is 0 Å². The molecular formula is C14H21N3O3. The molecule has 6 nitrogen and oxygen atoms in total. The Kier molecular flexibility index (Phi) is 5.96. The van der Waals surface area contributed by atoms with Crippen LogP contribution in [0.1, 0.15) is 26.3 Å². The van der Waals surface area contributed by atoms with E-state index in [4.69, 9.17) is 4.74 Å². The van der Waals surface area contributed by atoms with Gasteiger partial charge in [-0.05, 0) is 26.8 Å². The molecule has 0 bridgehead atoms. The van der Waals surface area contributed by atoms with Crippen molar-refractivity contribution in [3.05, 3.63) is 24.0 Å². The van der Waals surface area contributed by atoms with Crippen LogP contribution in [-0.2, 0) is 21.4 Å². The number of hydrogen-bond donors (Lipinski definition) is 0. The van der Waals surface area contributed by atoms with Gasteiger partial charge in [0.1, 0.15) is 6.54 Å². The van der Waals surface area contributed by atoms with Crippen molar-refractivity contribution in [2.75, 3.05) is 13.2 Å². The third kappa shape index (κ3) is 4.87. The van der Waals surface area contributed by atoms with Gasteiger partial charge in [-0.1, -0.05) is 0 Å². The van der Waals surface area contributed by atoms with E-state index in [1.807, 2.05) is 13.8 Å². The highest BCUT2D eigenvalue weighted by atomic mass is 16.5. The number of ether oxygens (including phenoxy) is 1. The maximum atomic E-state index is 12.1. The lowest BCUT2D eigenvalue weighted by Crippen LogP contribution is -2.40. The third-order valence-electron chi connectivity index (χ3n) is 2.65. The second-order valence-electron chi connectivity index (χ2n) is 4.65. The minimum atomic E-state index is -0.399. The first-order valence-corrected chi connectivity index (χ1v) is 6.57. The Morgan fingerprint density at radius 3 is 2.70 bits per heavy atom. The predicted molar refractivity (Wildman–Crippen MR) is 75.7 cm³/mol. The summed E-state index contributed by atoms with van der Waals surface area (Å²) in [5, 5.41) is 4.01. The van der Waals surface area contributed by atoms with Crippen LogP contribution in [0.2, 0.25) is 0 Å². The molecule has 110 valence electrons. The quantitative estimate of drug-likeness (QED) is 0.580. The monoisotopic (exact) mass is 279 g/mol. The number of carbonyl (C=O) groups excluding carboxylic acids is 2. The molecule has 0 aliphatic carbocycles. The maximum Gasteiger partial charge on any atom is 0.325 e. The van der Waals surface area contributed by atoms with Crippen LogP contribution in [0, 0.1) is 0 Å². The van der Waals surface area contributed by atoms with Gasteiger partial charge >= 0.3 is 5.97 Å². The van der Waals surface area contributed by atoms with E-state index in [2.05, 4.69) is 5.10 Å². The number of aromatic nitrogens is 2. The minimum Gasteiger partial charge on any atom is -0.465 e. The fourth-order valence-corrected chi connectivity index (χ4v) is 1.65. The summed E-state index contributed by atoms with van der Waals surface area (Å²) in [6.07, 6.45) is 6.58. The van der Waals surface area contributed by atoms with Crippen LogP contribution in [0.25, 0.3) is 6.08 Å². The van der Waals surface area contributed by atoms with Crippen LogP contribution >= 0.6 is 0 Å². The average molecular weight is 279 g/mol. The van der Waals surface area contributed by atoms with Gasteiger partial charge in [-0.2, -0.15) is 5.10 Å². The van der Waals surface area contributed by atoms with E-state index >= 15 is 0 Å². The lowest BCUT2D eigenvalue weighted by atomic mass is 10.2. The summed E-state index contributed by atoms with van der Waals surface area (Å²) in [6.45, 7) is 5.72. The normalized spacial score (nSPS) is 11.1. The summed E-state index contributed by atoms with van der Waals surface area (Å²) in [6, 6.07) is -0.0783. The summed E-state index contributed by atoms with van der Waals surface area (Å²) >= 11 is 0. The molecule has 0 unspecified atom stereocenters. The zero-order chi connectivity index (χ0) is 15.1. The first-order valence-electron chi connectivity index (χ1n) is 6.57. The van der Waals surface area contributed by atoms with Crippen molar-refractivity contribution in [1.29, 1.82) is 0 Å². The van der Waals surface area contributed by atoms with Crippen LogP contribution in [0.5, 0.6) is 0 Å². The highest BCUT2D eigenvalue weighted by molar-refractivity contribution is 5.93. The van der Waals surface area contributed by atoms with E-state index in [9.17, 15) is 9.59 Å². The smallest absolute Gasteiger partial charge is 0.325 e. The lowest BCUT2D eigenvalue weighted by Gasteiger charge is -2.24. The van der Waals surface area contributed by atoms with Crippen molar-refractivity contribution in [2.45, 2.75) is 26.8 Å². The standard InChI is InChI=1S/C14H21N3O3/c1-5-20-14(19)10-17(11(2)3)13(18)7-6-12-8-15-16(4)9-12/h6-9,11H,5,10H2,1-4H3. The molecule has 1 rings (SSSR count). The molecule has 0 atom stereocenters. The van der Waals surface area contributed by atoms with Crippen LogP contribution in [0.3, 0.4) is 0 Å². The Morgan fingerprint density at radius 1 is 1.50 bits per heavy atom. The molecule has 0 saturated carbocycles. The number of nitrogens with zero attached hydrogens (tertiary/aromatic N) is 3. The molecule has 0 radical (unpaired) electrons. The van der Waals surface area contributed by atoms with Gasteiger partial charge in [0.25, 0.3) is 0 Å². The van der Waals surface area contributed by atoms with Crippen molar-refractivity contribution >= 4 is 18.0 Å². The average Bonchev–Trinajstić information content (AvgIpc) is 2.79. The van der Waals surface area contributed by atoms with Crippen LogP contribution < -0.4 is 0 Å². The Labute approximate surface area is 119 Å². The maximum absolute atomic E-state index is 12.1. The van der Waals surface area contributed by atoms with Crippen LogP contribution in [0.15, 0.2) is 18.5 Å². The van der Waals surface area contributed by atoms with Crippen molar-refractivity contribution in [1.82, 2.24) is 14.7 Å². The molecule has 6 heteroatoms. The molecular weight excluding hydrogens is 258 g/mol. The molecule has 1 aromatic heterocycles. The molecule has 0 N–H and O–H groups in total. The zero-order valence-electron chi connectivity index (χ0n) is 12.4. The molecule has 0 saturated heterocycles. The molecule has 0 aliphatic heterocycles. The SMILES string of the molecule is CCOC(=O)CN(C(=O)C=Cc1cnn(C)c1)C(C)C. The fraction of sp³-hybridized carbons (Fsp3) is 0.500. The number of esters is 1. The minimum absolute atomic E-state index is 0.0400. The van der Waals surface area contributed by atoms with E-state index < -0.39 is 5.97 Å². The third-order valence-corrected chi connectivity index (χ3v) is 2.65. The molecule has 0 spiro atoms. The van der Waals surface area contributed by atoms with Crippen LogP contribution in [-0.4, -0.2) is 45.8 Å². The molecule has 0 fully saturated rings. The number of rotatable bonds is 6. The van der Waals surface area contributed by atoms with E-state index in [0.29, 0.717) is 6.61 Å². The summed E-state index contributed by atoms with van der Waals surface area (Å²) in [4.78, 5) is 25.1.